The summed E-state index contributed by atoms with van der Waals surface area (Å²) in [6.45, 7) is 3.88. The van der Waals surface area contributed by atoms with Crippen LogP contribution in [-0.2, 0) is 23.1 Å². The molecule has 0 atom stereocenters. The largest absolute Gasteiger partial charge is 0.326 e. The van der Waals surface area contributed by atoms with Crippen LogP contribution in [0.5, 0.6) is 0 Å². The molecule has 0 spiro atoms. The van der Waals surface area contributed by atoms with Crippen LogP contribution < -0.4 is 10.6 Å². The van der Waals surface area contributed by atoms with Gasteiger partial charge in [0, 0.05) is 36.3 Å². The van der Waals surface area contributed by atoms with Crippen LogP contribution >= 0.6 is 23.4 Å². The lowest BCUT2D eigenvalue weighted by molar-refractivity contribution is -0.116. The molecule has 31 heavy (non-hydrogen) atoms. The van der Waals surface area contributed by atoms with Gasteiger partial charge in [0.05, 0.1) is 5.75 Å². The van der Waals surface area contributed by atoms with E-state index >= 15 is 0 Å². The fourth-order valence-corrected chi connectivity index (χ4v) is 3.77. The van der Waals surface area contributed by atoms with Crippen molar-refractivity contribution >= 4 is 46.6 Å². The molecule has 2 N–H and O–H groups in total. The number of carbonyl (C=O) groups excluding carboxylic acids is 2. The Morgan fingerprint density at radius 2 is 1.77 bits per heavy atom. The van der Waals surface area contributed by atoms with Crippen molar-refractivity contribution < 1.29 is 9.59 Å². The highest BCUT2D eigenvalue weighted by atomic mass is 35.5. The average Bonchev–Trinajstić information content (AvgIpc) is 3.07. The Balaban J connectivity index is 1.48. The molecule has 9 heteroatoms. The molecule has 3 rings (SSSR count). The van der Waals surface area contributed by atoms with Crippen molar-refractivity contribution in [3.05, 3.63) is 64.4 Å². The van der Waals surface area contributed by atoms with Gasteiger partial charge in [-0.1, -0.05) is 41.6 Å². The lowest BCUT2D eigenvalue weighted by Crippen LogP contribution is -2.15. The van der Waals surface area contributed by atoms with Crippen molar-refractivity contribution in [2.75, 3.05) is 16.4 Å². The number of halogens is 1. The summed E-state index contributed by atoms with van der Waals surface area (Å²) in [4.78, 5) is 24.4. The summed E-state index contributed by atoms with van der Waals surface area (Å²) in [5.74, 6) is 0.652. The monoisotopic (exact) mass is 457 g/mol. The second-order valence-corrected chi connectivity index (χ2v) is 8.53. The number of aromatic nitrogens is 3. The van der Waals surface area contributed by atoms with E-state index in [2.05, 4.69) is 20.8 Å². The Labute approximate surface area is 190 Å². The van der Waals surface area contributed by atoms with Crippen molar-refractivity contribution in [3.8, 4) is 0 Å². The Bertz CT molecular complexity index is 1100. The van der Waals surface area contributed by atoms with Gasteiger partial charge >= 0.3 is 0 Å². The van der Waals surface area contributed by atoms with Gasteiger partial charge < -0.3 is 15.2 Å². The number of hydrogen-bond acceptors (Lipinski definition) is 5. The first-order valence-corrected chi connectivity index (χ1v) is 11.1. The van der Waals surface area contributed by atoms with Crippen LogP contribution in [0.4, 0.5) is 11.4 Å². The molecule has 0 fully saturated rings. The lowest BCUT2D eigenvalue weighted by atomic mass is 10.2. The first-order valence-electron chi connectivity index (χ1n) is 9.75. The summed E-state index contributed by atoms with van der Waals surface area (Å²) >= 11 is 7.40. The minimum absolute atomic E-state index is 0.115. The molecule has 3 aromatic rings. The zero-order valence-corrected chi connectivity index (χ0v) is 19.2. The van der Waals surface area contributed by atoms with E-state index in [0.717, 1.165) is 16.8 Å². The summed E-state index contributed by atoms with van der Waals surface area (Å²) in [5, 5.41) is 15.2. The van der Waals surface area contributed by atoms with Crippen LogP contribution in [0.3, 0.4) is 0 Å². The first kappa shape index (κ1) is 22.8. The second-order valence-electron chi connectivity index (χ2n) is 7.18. The number of anilines is 2. The molecule has 0 unspecified atom stereocenters. The predicted octanol–water partition coefficient (Wildman–Crippen LogP) is 4.39. The van der Waals surface area contributed by atoms with Gasteiger partial charge in [-0.2, -0.15) is 0 Å². The summed E-state index contributed by atoms with van der Waals surface area (Å²) in [5.41, 5.74) is 3.47. The van der Waals surface area contributed by atoms with E-state index in [1.165, 1.54) is 11.8 Å². The summed E-state index contributed by atoms with van der Waals surface area (Å²) in [6, 6.07) is 13.0. The third-order valence-corrected chi connectivity index (χ3v) is 6.02. The highest BCUT2D eigenvalue weighted by Crippen LogP contribution is 2.21. The molecule has 0 aliphatic heterocycles. The number of nitrogens with one attached hydrogen (secondary N) is 2. The quantitative estimate of drug-likeness (QED) is 0.490. The number of carbonyl (C=O) groups is 2. The number of rotatable bonds is 8. The van der Waals surface area contributed by atoms with E-state index in [1.54, 1.807) is 10.6 Å². The number of thioether (sulfide) groups is 1. The lowest BCUT2D eigenvalue weighted by Gasteiger charge is -2.07. The van der Waals surface area contributed by atoms with Gasteiger partial charge in [-0.25, -0.2) is 0 Å². The molecule has 162 valence electrons. The topological polar surface area (TPSA) is 88.9 Å². The normalized spacial score (nSPS) is 10.7. The van der Waals surface area contributed by atoms with Crippen LogP contribution in [0.15, 0.2) is 47.6 Å². The molecule has 0 saturated carbocycles. The minimum Gasteiger partial charge on any atom is -0.326 e. The van der Waals surface area contributed by atoms with Crippen LogP contribution in [0.1, 0.15) is 23.4 Å². The van der Waals surface area contributed by atoms with Crippen molar-refractivity contribution in [3.63, 3.8) is 0 Å². The number of benzene rings is 2. The van der Waals surface area contributed by atoms with E-state index < -0.39 is 0 Å². The molecule has 2 aromatic carbocycles. The van der Waals surface area contributed by atoms with Crippen LogP contribution in [0, 0.1) is 13.8 Å². The van der Waals surface area contributed by atoms with Gasteiger partial charge in [-0.3, -0.25) is 9.59 Å². The number of hydrogen-bond donors (Lipinski definition) is 2. The van der Waals surface area contributed by atoms with Crippen LogP contribution in [-0.4, -0.2) is 32.3 Å². The molecule has 1 heterocycles. The van der Waals surface area contributed by atoms with E-state index in [4.69, 9.17) is 11.6 Å². The van der Waals surface area contributed by atoms with E-state index in [1.807, 2.05) is 57.3 Å². The molecule has 1 aromatic heterocycles. The molecule has 0 aliphatic rings. The van der Waals surface area contributed by atoms with Gasteiger partial charge in [0.2, 0.25) is 11.8 Å². The summed E-state index contributed by atoms with van der Waals surface area (Å²) in [7, 11) is 1.83. The van der Waals surface area contributed by atoms with Crippen molar-refractivity contribution in [1.82, 2.24) is 14.8 Å². The minimum atomic E-state index is -0.130. The molecule has 0 saturated heterocycles. The average molecular weight is 458 g/mol. The SMILES string of the molecule is Cc1cccc(NC(=O)CSc2nnc(CCC(=O)Nc3ccc(C)c(Cl)c3)n2C)c1. The highest BCUT2D eigenvalue weighted by molar-refractivity contribution is 7.99. The van der Waals surface area contributed by atoms with Crippen molar-refractivity contribution in [2.45, 2.75) is 31.8 Å². The number of aryl methyl sites for hydroxylation is 3. The predicted molar refractivity (Wildman–Crippen MR) is 125 cm³/mol. The third kappa shape index (κ3) is 6.57. The molecular weight excluding hydrogens is 434 g/mol. The number of amides is 2. The highest BCUT2D eigenvalue weighted by Gasteiger charge is 2.13. The maximum Gasteiger partial charge on any atom is 0.234 e. The molecule has 7 nitrogen and oxygen atoms in total. The Hall–Kier alpha value is -2.84. The van der Waals surface area contributed by atoms with Gasteiger partial charge in [-0.15, -0.1) is 10.2 Å². The molecule has 0 bridgehead atoms. The first-order chi connectivity index (χ1) is 14.8. The molecule has 0 radical (unpaired) electrons. The Morgan fingerprint density at radius 3 is 2.52 bits per heavy atom. The molecule has 0 aliphatic carbocycles. The van der Waals surface area contributed by atoms with Gasteiger partial charge in [0.25, 0.3) is 0 Å². The third-order valence-electron chi connectivity index (χ3n) is 4.59. The molecular formula is C22H24ClN5O2S. The zero-order chi connectivity index (χ0) is 22.4. The smallest absolute Gasteiger partial charge is 0.234 e. The Morgan fingerprint density at radius 1 is 1.03 bits per heavy atom. The van der Waals surface area contributed by atoms with Crippen molar-refractivity contribution in [2.24, 2.45) is 7.05 Å². The van der Waals surface area contributed by atoms with Gasteiger partial charge in [0.1, 0.15) is 5.82 Å². The number of nitrogens with zero attached hydrogens (tertiary/aromatic N) is 3. The maximum atomic E-state index is 12.2. The zero-order valence-electron chi connectivity index (χ0n) is 17.6. The van der Waals surface area contributed by atoms with Crippen LogP contribution in [0.2, 0.25) is 5.02 Å². The molecule has 2 amide bonds. The van der Waals surface area contributed by atoms with E-state index in [-0.39, 0.29) is 24.0 Å². The fourth-order valence-electron chi connectivity index (χ4n) is 2.86. The maximum absolute atomic E-state index is 12.2. The summed E-state index contributed by atoms with van der Waals surface area (Å²) in [6.07, 6.45) is 0.695. The Kier molecular flexibility index (Phi) is 7.70. The standard InChI is InChI=1S/C22H24ClN5O2S/c1-14-5-4-6-16(11-14)25-21(30)13-31-22-27-26-19(28(22)3)9-10-20(29)24-17-8-7-15(2)18(23)12-17/h4-8,11-12H,9-10,13H2,1-3H3,(H,24,29)(H,25,30). The van der Waals surface area contributed by atoms with Crippen molar-refractivity contribution in [1.29, 1.82) is 0 Å². The van der Waals surface area contributed by atoms with E-state index in [9.17, 15) is 9.59 Å². The summed E-state index contributed by atoms with van der Waals surface area (Å²) < 4.78 is 1.81. The fraction of sp³-hybridized carbons (Fsp3) is 0.273. The van der Waals surface area contributed by atoms with E-state index in [0.29, 0.717) is 28.1 Å². The van der Waals surface area contributed by atoms with Crippen LogP contribution in [0.25, 0.3) is 0 Å². The van der Waals surface area contributed by atoms with Gasteiger partial charge in [0.15, 0.2) is 5.16 Å². The van der Waals surface area contributed by atoms with Gasteiger partial charge in [-0.05, 0) is 49.2 Å². The second kappa shape index (κ2) is 10.5.